The van der Waals surface area contributed by atoms with Gasteiger partial charge < -0.3 is 9.80 Å². The van der Waals surface area contributed by atoms with E-state index in [9.17, 15) is 9.59 Å². The molecular weight excluding hydrogens is 380 g/mol. The van der Waals surface area contributed by atoms with Crippen LogP contribution < -0.4 is 0 Å². The molecule has 0 bridgehead atoms. The van der Waals surface area contributed by atoms with Gasteiger partial charge >= 0.3 is 0 Å². The van der Waals surface area contributed by atoms with Crippen LogP contribution >= 0.6 is 23.1 Å². The molecule has 0 spiro atoms. The molecule has 5 rings (SSSR count). The number of carbonyl (C=O) groups is 2. The highest BCUT2D eigenvalue weighted by Crippen LogP contribution is 2.31. The summed E-state index contributed by atoms with van der Waals surface area (Å²) in [5, 5.41) is 3.13. The molecule has 3 saturated heterocycles. The van der Waals surface area contributed by atoms with Gasteiger partial charge in [0.1, 0.15) is 17.1 Å². The van der Waals surface area contributed by atoms with E-state index in [1.165, 1.54) is 0 Å². The molecule has 2 aromatic rings. The summed E-state index contributed by atoms with van der Waals surface area (Å²) in [6.07, 6.45) is 0. The lowest BCUT2D eigenvalue weighted by molar-refractivity contribution is -0.162. The Labute approximate surface area is 166 Å². The summed E-state index contributed by atoms with van der Waals surface area (Å²) in [5.41, 5.74) is 2.12. The standard InChI is InChI=1S/C19H20N4O2S2/c24-18-15-8-21(6-7-22(15)19(25)16-11-26-12-23(16)18)9-17-20-14(10-27-17)13-4-2-1-3-5-13/h1-5,10,15-16H,6-9,11-12H2/t15-,16+/m1/s1. The van der Waals surface area contributed by atoms with Gasteiger partial charge in [-0.1, -0.05) is 30.3 Å². The smallest absolute Gasteiger partial charge is 0.248 e. The van der Waals surface area contributed by atoms with Gasteiger partial charge in [0.25, 0.3) is 0 Å². The number of hydrogen-bond donors (Lipinski definition) is 0. The van der Waals surface area contributed by atoms with Gasteiger partial charge in [0.05, 0.1) is 18.1 Å². The molecule has 0 N–H and O–H groups in total. The highest BCUT2D eigenvalue weighted by atomic mass is 32.2. The van der Waals surface area contributed by atoms with E-state index in [2.05, 4.69) is 22.4 Å². The van der Waals surface area contributed by atoms with Crippen LogP contribution in [0, 0.1) is 0 Å². The predicted molar refractivity (Wildman–Crippen MR) is 106 cm³/mol. The summed E-state index contributed by atoms with van der Waals surface area (Å²) in [7, 11) is 0. The van der Waals surface area contributed by atoms with Gasteiger partial charge in [0, 0.05) is 36.3 Å². The number of amides is 2. The van der Waals surface area contributed by atoms with E-state index < -0.39 is 0 Å². The number of nitrogens with zero attached hydrogens (tertiary/aromatic N) is 4. The summed E-state index contributed by atoms with van der Waals surface area (Å²) >= 11 is 3.32. The number of carbonyl (C=O) groups excluding carboxylic acids is 2. The second kappa shape index (κ2) is 6.92. The zero-order valence-corrected chi connectivity index (χ0v) is 16.4. The summed E-state index contributed by atoms with van der Waals surface area (Å²) in [4.78, 5) is 36.2. The number of rotatable bonds is 3. The van der Waals surface area contributed by atoms with Crippen LogP contribution in [0.1, 0.15) is 5.01 Å². The molecule has 3 fully saturated rings. The van der Waals surface area contributed by atoms with Crippen LogP contribution in [0.3, 0.4) is 0 Å². The Kier molecular flexibility index (Phi) is 4.41. The fourth-order valence-corrected chi connectivity index (χ4v) is 6.02. The highest BCUT2D eigenvalue weighted by Gasteiger charge is 2.49. The Morgan fingerprint density at radius 3 is 2.70 bits per heavy atom. The minimum Gasteiger partial charge on any atom is -0.326 e. The third-order valence-corrected chi connectivity index (χ3v) is 7.31. The maximum absolute atomic E-state index is 12.9. The Morgan fingerprint density at radius 2 is 1.85 bits per heavy atom. The molecule has 2 atom stereocenters. The fraction of sp³-hybridized carbons (Fsp3) is 0.421. The lowest BCUT2D eigenvalue weighted by Gasteiger charge is -2.47. The molecule has 0 aliphatic carbocycles. The molecule has 1 aromatic carbocycles. The predicted octanol–water partition coefficient (Wildman–Crippen LogP) is 1.74. The molecule has 1 aromatic heterocycles. The monoisotopic (exact) mass is 400 g/mol. The van der Waals surface area contributed by atoms with Crippen LogP contribution in [0.25, 0.3) is 11.3 Å². The molecule has 27 heavy (non-hydrogen) atoms. The van der Waals surface area contributed by atoms with Crippen LogP contribution in [0.15, 0.2) is 35.7 Å². The van der Waals surface area contributed by atoms with Gasteiger partial charge in [-0.15, -0.1) is 23.1 Å². The minimum absolute atomic E-state index is 0.110. The fourth-order valence-electron chi connectivity index (χ4n) is 4.02. The number of fused-ring (bicyclic) bond motifs is 2. The first kappa shape index (κ1) is 17.2. The molecule has 0 unspecified atom stereocenters. The first-order valence-corrected chi connectivity index (χ1v) is 11.1. The number of hydrogen-bond acceptors (Lipinski definition) is 6. The van der Waals surface area contributed by atoms with E-state index in [1.54, 1.807) is 28.0 Å². The third kappa shape index (κ3) is 3.05. The normalized spacial score (nSPS) is 25.6. The summed E-state index contributed by atoms with van der Waals surface area (Å²) in [6.45, 7) is 2.73. The molecular formula is C19H20N4O2S2. The largest absolute Gasteiger partial charge is 0.326 e. The van der Waals surface area contributed by atoms with E-state index in [4.69, 9.17) is 4.98 Å². The van der Waals surface area contributed by atoms with Crippen molar-refractivity contribution in [3.05, 3.63) is 40.7 Å². The van der Waals surface area contributed by atoms with E-state index >= 15 is 0 Å². The Bertz CT molecular complexity index is 872. The van der Waals surface area contributed by atoms with Crippen LogP contribution in [0.4, 0.5) is 0 Å². The summed E-state index contributed by atoms with van der Waals surface area (Å²) in [5.74, 6) is 1.62. The van der Waals surface area contributed by atoms with Crippen molar-refractivity contribution < 1.29 is 9.59 Å². The molecule has 6 nitrogen and oxygen atoms in total. The van der Waals surface area contributed by atoms with Gasteiger partial charge in [-0.05, 0) is 0 Å². The SMILES string of the molecule is O=C1[C@@H]2CSCN2C(=O)[C@H]2CN(Cc3nc(-c4ccccc4)cs3)CCN12. The molecule has 0 radical (unpaired) electrons. The lowest BCUT2D eigenvalue weighted by atomic mass is 10.0. The first-order valence-electron chi connectivity index (χ1n) is 9.11. The second-order valence-corrected chi connectivity index (χ2v) is 9.04. The first-order chi connectivity index (χ1) is 13.2. The van der Waals surface area contributed by atoms with Crippen molar-refractivity contribution in [1.29, 1.82) is 0 Å². The van der Waals surface area contributed by atoms with Crippen molar-refractivity contribution >= 4 is 34.9 Å². The molecule has 8 heteroatoms. The van der Waals surface area contributed by atoms with Crippen molar-refractivity contribution in [1.82, 2.24) is 19.7 Å². The van der Waals surface area contributed by atoms with E-state index in [0.29, 0.717) is 19.0 Å². The highest BCUT2D eigenvalue weighted by molar-refractivity contribution is 7.99. The third-order valence-electron chi connectivity index (χ3n) is 5.46. The van der Waals surface area contributed by atoms with Gasteiger partial charge in [0.2, 0.25) is 11.8 Å². The zero-order chi connectivity index (χ0) is 18.4. The van der Waals surface area contributed by atoms with Crippen LogP contribution in [-0.4, -0.2) is 74.8 Å². The zero-order valence-electron chi connectivity index (χ0n) is 14.8. The molecule has 0 saturated carbocycles. The van der Waals surface area contributed by atoms with Gasteiger partial charge in [0.15, 0.2) is 0 Å². The lowest BCUT2D eigenvalue weighted by Crippen LogP contribution is -2.69. The number of thioether (sulfide) groups is 1. The Morgan fingerprint density at radius 1 is 1.04 bits per heavy atom. The topological polar surface area (TPSA) is 56.8 Å². The van der Waals surface area contributed by atoms with Crippen LogP contribution in [0.5, 0.6) is 0 Å². The molecule has 3 aliphatic rings. The van der Waals surface area contributed by atoms with Crippen molar-refractivity contribution in [2.24, 2.45) is 0 Å². The van der Waals surface area contributed by atoms with Gasteiger partial charge in [-0.3, -0.25) is 14.5 Å². The van der Waals surface area contributed by atoms with Gasteiger partial charge in [-0.2, -0.15) is 0 Å². The van der Waals surface area contributed by atoms with Crippen molar-refractivity contribution in [3.8, 4) is 11.3 Å². The number of thiazole rings is 1. The maximum Gasteiger partial charge on any atom is 0.248 e. The number of aromatic nitrogens is 1. The summed E-state index contributed by atoms with van der Waals surface area (Å²) in [6, 6.07) is 9.59. The van der Waals surface area contributed by atoms with Crippen molar-refractivity contribution in [2.45, 2.75) is 18.6 Å². The molecule has 3 aliphatic heterocycles. The Balaban J connectivity index is 1.29. The van der Waals surface area contributed by atoms with Crippen molar-refractivity contribution in [3.63, 3.8) is 0 Å². The summed E-state index contributed by atoms with van der Waals surface area (Å²) < 4.78 is 0. The quantitative estimate of drug-likeness (QED) is 0.786. The second-order valence-electron chi connectivity index (χ2n) is 7.10. The van der Waals surface area contributed by atoms with Crippen LogP contribution in [0.2, 0.25) is 0 Å². The number of piperazine rings is 2. The minimum atomic E-state index is -0.338. The maximum atomic E-state index is 12.9. The van der Waals surface area contributed by atoms with E-state index in [0.717, 1.165) is 35.1 Å². The van der Waals surface area contributed by atoms with E-state index in [-0.39, 0.29) is 23.9 Å². The molecule has 2 amide bonds. The number of benzene rings is 1. The van der Waals surface area contributed by atoms with Crippen molar-refractivity contribution in [2.75, 3.05) is 31.3 Å². The van der Waals surface area contributed by atoms with Gasteiger partial charge in [-0.25, -0.2) is 4.98 Å². The average Bonchev–Trinajstić information content (AvgIpc) is 3.37. The van der Waals surface area contributed by atoms with Crippen LogP contribution in [-0.2, 0) is 16.1 Å². The molecule has 140 valence electrons. The average molecular weight is 401 g/mol. The molecule has 4 heterocycles. The van der Waals surface area contributed by atoms with E-state index in [1.807, 2.05) is 23.1 Å². The Hall–Kier alpha value is -1.90.